The van der Waals surface area contributed by atoms with Crippen LogP contribution in [0, 0.1) is 5.82 Å². The highest BCUT2D eigenvalue weighted by molar-refractivity contribution is 7.09. The maximum Gasteiger partial charge on any atom is 0.254 e. The van der Waals surface area contributed by atoms with Crippen LogP contribution in [0.5, 0.6) is 0 Å². The van der Waals surface area contributed by atoms with Crippen molar-refractivity contribution in [3.8, 4) is 11.4 Å². The Morgan fingerprint density at radius 3 is 2.74 bits per heavy atom. The molecule has 0 spiro atoms. The molecule has 4 nitrogen and oxygen atoms in total. The molecular formula is C17H14FN3OS. The summed E-state index contributed by atoms with van der Waals surface area (Å²) in [4.78, 5) is 20.7. The van der Waals surface area contributed by atoms with Crippen LogP contribution in [-0.4, -0.2) is 22.4 Å². The van der Waals surface area contributed by atoms with Crippen LogP contribution in [0.4, 0.5) is 4.39 Å². The third kappa shape index (κ3) is 3.78. The Hall–Kier alpha value is -2.60. The molecular weight excluding hydrogens is 313 g/mol. The Kier molecular flexibility index (Phi) is 4.73. The lowest BCUT2D eigenvalue weighted by Gasteiger charge is -2.04. The van der Waals surface area contributed by atoms with Gasteiger partial charge in [-0.1, -0.05) is 18.2 Å². The minimum Gasteiger partial charge on any atom is -0.352 e. The van der Waals surface area contributed by atoms with Crippen molar-refractivity contribution in [3.63, 3.8) is 0 Å². The quantitative estimate of drug-likeness (QED) is 0.782. The summed E-state index contributed by atoms with van der Waals surface area (Å²) in [6.07, 6.45) is 2.32. The summed E-state index contributed by atoms with van der Waals surface area (Å²) >= 11 is 1.52. The van der Waals surface area contributed by atoms with Crippen molar-refractivity contribution in [2.45, 2.75) is 6.42 Å². The van der Waals surface area contributed by atoms with Crippen LogP contribution in [0.25, 0.3) is 11.4 Å². The van der Waals surface area contributed by atoms with Crippen molar-refractivity contribution in [3.05, 3.63) is 70.4 Å². The average molecular weight is 327 g/mol. The van der Waals surface area contributed by atoms with E-state index in [1.807, 2.05) is 23.6 Å². The first-order valence-corrected chi connectivity index (χ1v) is 8.00. The van der Waals surface area contributed by atoms with Gasteiger partial charge in [0.15, 0.2) is 0 Å². The Balaban J connectivity index is 1.56. The second kappa shape index (κ2) is 7.11. The molecule has 0 aliphatic rings. The van der Waals surface area contributed by atoms with Crippen LogP contribution in [0.3, 0.4) is 0 Å². The maximum absolute atomic E-state index is 13.5. The van der Waals surface area contributed by atoms with E-state index in [4.69, 9.17) is 0 Å². The molecule has 1 aromatic carbocycles. The van der Waals surface area contributed by atoms with Gasteiger partial charge in [0, 0.05) is 24.5 Å². The smallest absolute Gasteiger partial charge is 0.254 e. The summed E-state index contributed by atoms with van der Waals surface area (Å²) in [5.74, 6) is -0.929. The fourth-order valence-electron chi connectivity index (χ4n) is 2.08. The highest BCUT2D eigenvalue weighted by atomic mass is 32.1. The molecule has 6 heteroatoms. The first-order chi connectivity index (χ1) is 11.2. The second-order valence-corrected chi connectivity index (χ2v) is 5.77. The van der Waals surface area contributed by atoms with Gasteiger partial charge >= 0.3 is 0 Å². The molecule has 2 aromatic heterocycles. The lowest BCUT2D eigenvalue weighted by Crippen LogP contribution is -2.26. The van der Waals surface area contributed by atoms with E-state index in [1.54, 1.807) is 18.3 Å². The predicted molar refractivity (Wildman–Crippen MR) is 87.8 cm³/mol. The van der Waals surface area contributed by atoms with Gasteiger partial charge in [0.2, 0.25) is 0 Å². The highest BCUT2D eigenvalue weighted by Crippen LogP contribution is 2.19. The zero-order chi connectivity index (χ0) is 16.1. The molecule has 0 saturated carbocycles. The zero-order valence-electron chi connectivity index (χ0n) is 12.2. The molecule has 23 heavy (non-hydrogen) atoms. The summed E-state index contributed by atoms with van der Waals surface area (Å²) in [7, 11) is 0. The zero-order valence-corrected chi connectivity index (χ0v) is 13.0. The average Bonchev–Trinajstić information content (AvgIpc) is 3.05. The Morgan fingerprint density at radius 1 is 1.13 bits per heavy atom. The third-order valence-electron chi connectivity index (χ3n) is 3.22. The van der Waals surface area contributed by atoms with Gasteiger partial charge in [-0.25, -0.2) is 9.37 Å². The number of halogens is 1. The standard InChI is InChI=1S/C17H14FN3OS/c18-13-6-2-1-5-12(13)17(22)20-10-8-16-21-15(11-23-16)14-7-3-4-9-19-14/h1-7,9,11H,8,10H2,(H,20,22). The number of aromatic nitrogens is 2. The molecule has 2 heterocycles. The minimum atomic E-state index is -0.517. The van der Waals surface area contributed by atoms with Crippen LogP contribution in [0.15, 0.2) is 54.0 Å². The lowest BCUT2D eigenvalue weighted by molar-refractivity contribution is 0.0950. The molecule has 0 fully saturated rings. The largest absolute Gasteiger partial charge is 0.352 e. The van der Waals surface area contributed by atoms with Gasteiger partial charge in [-0.05, 0) is 24.3 Å². The van der Waals surface area contributed by atoms with E-state index in [9.17, 15) is 9.18 Å². The third-order valence-corrected chi connectivity index (χ3v) is 4.13. The second-order valence-electron chi connectivity index (χ2n) is 4.83. The van der Waals surface area contributed by atoms with E-state index >= 15 is 0 Å². The van der Waals surface area contributed by atoms with E-state index < -0.39 is 11.7 Å². The number of hydrogen-bond donors (Lipinski definition) is 1. The number of carbonyl (C=O) groups excluding carboxylic acids is 1. The summed E-state index contributed by atoms with van der Waals surface area (Å²) in [6, 6.07) is 11.6. The van der Waals surface area contributed by atoms with Crippen LogP contribution in [0.1, 0.15) is 15.4 Å². The number of hydrogen-bond acceptors (Lipinski definition) is 4. The first-order valence-electron chi connectivity index (χ1n) is 7.12. The monoisotopic (exact) mass is 327 g/mol. The summed E-state index contributed by atoms with van der Waals surface area (Å²) in [6.45, 7) is 0.405. The molecule has 0 bridgehead atoms. The fourth-order valence-corrected chi connectivity index (χ4v) is 2.87. The molecule has 3 rings (SSSR count). The van der Waals surface area contributed by atoms with Crippen LogP contribution in [0.2, 0.25) is 0 Å². The number of nitrogens with zero attached hydrogens (tertiary/aromatic N) is 2. The summed E-state index contributed by atoms with van der Waals surface area (Å²) in [5, 5.41) is 5.55. The van der Waals surface area contributed by atoms with Gasteiger partial charge in [-0.15, -0.1) is 11.3 Å². The van der Waals surface area contributed by atoms with Crippen LogP contribution < -0.4 is 5.32 Å². The van der Waals surface area contributed by atoms with Gasteiger partial charge < -0.3 is 5.32 Å². The van der Waals surface area contributed by atoms with Gasteiger partial charge in [-0.3, -0.25) is 9.78 Å². The van der Waals surface area contributed by atoms with Crippen molar-refractivity contribution < 1.29 is 9.18 Å². The molecule has 0 radical (unpaired) electrons. The first kappa shape index (κ1) is 15.3. The minimum absolute atomic E-state index is 0.0563. The Bertz CT molecular complexity index is 804. The number of nitrogens with one attached hydrogen (secondary N) is 1. The highest BCUT2D eigenvalue weighted by Gasteiger charge is 2.10. The molecule has 0 saturated heterocycles. The molecule has 3 aromatic rings. The van der Waals surface area contributed by atoms with Crippen LogP contribution >= 0.6 is 11.3 Å². The SMILES string of the molecule is O=C(NCCc1nc(-c2ccccn2)cs1)c1ccccc1F. The van der Waals surface area contributed by atoms with Crippen molar-refractivity contribution >= 4 is 17.2 Å². The molecule has 1 N–H and O–H groups in total. The Labute approximate surface area is 137 Å². The van der Waals surface area contributed by atoms with E-state index in [-0.39, 0.29) is 5.56 Å². The lowest BCUT2D eigenvalue weighted by atomic mass is 10.2. The molecule has 0 unspecified atom stereocenters. The number of thiazole rings is 1. The van der Waals surface area contributed by atoms with E-state index in [0.717, 1.165) is 16.4 Å². The van der Waals surface area contributed by atoms with E-state index in [1.165, 1.54) is 23.5 Å². The van der Waals surface area contributed by atoms with Crippen molar-refractivity contribution in [1.82, 2.24) is 15.3 Å². The predicted octanol–water partition coefficient (Wildman–Crippen LogP) is 3.32. The molecule has 1 amide bonds. The Morgan fingerprint density at radius 2 is 1.96 bits per heavy atom. The van der Waals surface area contributed by atoms with Crippen molar-refractivity contribution in [1.29, 1.82) is 0 Å². The fraction of sp³-hybridized carbons (Fsp3) is 0.118. The number of rotatable bonds is 5. The number of carbonyl (C=O) groups is 1. The molecule has 116 valence electrons. The van der Waals surface area contributed by atoms with E-state index in [0.29, 0.717) is 13.0 Å². The van der Waals surface area contributed by atoms with Gasteiger partial charge in [0.05, 0.1) is 22.0 Å². The van der Waals surface area contributed by atoms with Gasteiger partial charge in [-0.2, -0.15) is 0 Å². The van der Waals surface area contributed by atoms with Crippen molar-refractivity contribution in [2.24, 2.45) is 0 Å². The van der Waals surface area contributed by atoms with Crippen LogP contribution in [-0.2, 0) is 6.42 Å². The number of pyridine rings is 1. The van der Waals surface area contributed by atoms with Crippen molar-refractivity contribution in [2.75, 3.05) is 6.54 Å². The maximum atomic E-state index is 13.5. The molecule has 0 aliphatic carbocycles. The molecule has 0 atom stereocenters. The van der Waals surface area contributed by atoms with Gasteiger partial charge in [0.25, 0.3) is 5.91 Å². The number of amides is 1. The number of benzene rings is 1. The normalized spacial score (nSPS) is 10.5. The molecule has 0 aliphatic heterocycles. The topological polar surface area (TPSA) is 54.9 Å². The van der Waals surface area contributed by atoms with Gasteiger partial charge in [0.1, 0.15) is 5.82 Å². The summed E-state index contributed by atoms with van der Waals surface area (Å²) in [5.41, 5.74) is 1.71. The van der Waals surface area contributed by atoms with E-state index in [2.05, 4.69) is 15.3 Å². The summed E-state index contributed by atoms with van der Waals surface area (Å²) < 4.78 is 13.5.